The Balaban J connectivity index is 2.62. The lowest BCUT2D eigenvalue weighted by Crippen LogP contribution is -2.38. The molecule has 1 unspecified atom stereocenters. The van der Waals surface area contributed by atoms with Gasteiger partial charge in [-0.1, -0.05) is 12.1 Å². The second-order valence-corrected chi connectivity index (χ2v) is 6.71. The first kappa shape index (κ1) is 14.1. The van der Waals surface area contributed by atoms with Crippen LogP contribution in [0.25, 0.3) is 0 Å². The maximum atomic E-state index is 12.7. The van der Waals surface area contributed by atoms with E-state index in [0.717, 1.165) is 5.56 Å². The summed E-state index contributed by atoms with van der Waals surface area (Å²) < 4.78 is 38.5. The van der Waals surface area contributed by atoms with Gasteiger partial charge in [-0.05, 0) is 44.9 Å². The summed E-state index contributed by atoms with van der Waals surface area (Å²) >= 11 is 0. The van der Waals surface area contributed by atoms with E-state index in [0.29, 0.717) is 6.42 Å². The summed E-state index contributed by atoms with van der Waals surface area (Å²) in [6.45, 7) is 5.06. The summed E-state index contributed by atoms with van der Waals surface area (Å²) in [7, 11) is -3.25. The summed E-state index contributed by atoms with van der Waals surface area (Å²) in [5.41, 5.74) is 0.908. The molecule has 1 rings (SSSR count). The van der Waals surface area contributed by atoms with Gasteiger partial charge in [-0.3, -0.25) is 0 Å². The number of benzene rings is 1. The van der Waals surface area contributed by atoms with Gasteiger partial charge in [-0.25, -0.2) is 17.5 Å². The molecule has 0 aliphatic heterocycles. The highest BCUT2D eigenvalue weighted by Gasteiger charge is 2.18. The zero-order chi connectivity index (χ0) is 13.1. The maximum Gasteiger partial charge on any atom is 0.214 e. The number of nitrogens with one attached hydrogen (secondary N) is 1. The van der Waals surface area contributed by atoms with Crippen LogP contribution in [0.15, 0.2) is 24.3 Å². The van der Waals surface area contributed by atoms with Gasteiger partial charge < -0.3 is 0 Å². The minimum absolute atomic E-state index is 0.201. The molecule has 0 aromatic heterocycles. The van der Waals surface area contributed by atoms with Crippen molar-refractivity contribution >= 4 is 10.0 Å². The van der Waals surface area contributed by atoms with Crippen LogP contribution in [0.3, 0.4) is 0 Å². The Bertz CT molecular complexity index is 454. The van der Waals surface area contributed by atoms with Crippen molar-refractivity contribution in [3.05, 3.63) is 35.6 Å². The highest BCUT2D eigenvalue weighted by molar-refractivity contribution is 7.90. The van der Waals surface area contributed by atoms with E-state index < -0.39 is 15.3 Å². The van der Waals surface area contributed by atoms with Crippen LogP contribution in [0.1, 0.15) is 26.3 Å². The van der Waals surface area contributed by atoms with E-state index in [1.54, 1.807) is 32.9 Å². The molecule has 0 aliphatic rings. The quantitative estimate of drug-likeness (QED) is 0.880. The van der Waals surface area contributed by atoms with Crippen molar-refractivity contribution in [3.63, 3.8) is 0 Å². The number of rotatable bonds is 5. The van der Waals surface area contributed by atoms with Gasteiger partial charge in [-0.15, -0.1) is 0 Å². The fourth-order valence-electron chi connectivity index (χ4n) is 1.43. The fourth-order valence-corrected chi connectivity index (χ4v) is 2.35. The Morgan fingerprint density at radius 3 is 2.18 bits per heavy atom. The second kappa shape index (κ2) is 5.60. The molecule has 5 heteroatoms. The lowest BCUT2D eigenvalue weighted by atomic mass is 10.1. The first-order chi connectivity index (χ1) is 7.81. The molecule has 96 valence electrons. The van der Waals surface area contributed by atoms with Gasteiger partial charge in [0.05, 0.1) is 5.25 Å². The topological polar surface area (TPSA) is 46.2 Å². The number of sulfonamides is 1. The van der Waals surface area contributed by atoms with E-state index in [1.165, 1.54) is 12.1 Å². The van der Waals surface area contributed by atoms with Crippen molar-refractivity contribution in [2.45, 2.75) is 38.5 Å². The van der Waals surface area contributed by atoms with Crippen LogP contribution in [0.5, 0.6) is 0 Å². The van der Waals surface area contributed by atoms with Crippen LogP contribution in [0.4, 0.5) is 4.39 Å². The molecule has 0 bridgehead atoms. The number of hydrogen-bond acceptors (Lipinski definition) is 2. The summed E-state index contributed by atoms with van der Waals surface area (Å²) in [6, 6.07) is 5.87. The number of halogens is 1. The van der Waals surface area contributed by atoms with Gasteiger partial charge in [0, 0.05) is 6.04 Å². The maximum absolute atomic E-state index is 12.7. The first-order valence-corrected chi connectivity index (χ1v) is 7.11. The van der Waals surface area contributed by atoms with E-state index in [-0.39, 0.29) is 11.9 Å². The molecule has 3 nitrogen and oxygen atoms in total. The average Bonchev–Trinajstić information content (AvgIpc) is 2.20. The molecule has 0 heterocycles. The third kappa shape index (κ3) is 4.44. The highest BCUT2D eigenvalue weighted by Crippen LogP contribution is 2.07. The van der Waals surface area contributed by atoms with Crippen molar-refractivity contribution in [2.75, 3.05) is 0 Å². The van der Waals surface area contributed by atoms with Crippen molar-refractivity contribution in [1.29, 1.82) is 0 Å². The van der Waals surface area contributed by atoms with E-state index in [9.17, 15) is 12.8 Å². The molecule has 0 amide bonds. The monoisotopic (exact) mass is 259 g/mol. The second-order valence-electron chi connectivity index (χ2n) is 4.44. The van der Waals surface area contributed by atoms with Crippen LogP contribution in [-0.4, -0.2) is 19.7 Å². The van der Waals surface area contributed by atoms with Crippen molar-refractivity contribution < 1.29 is 12.8 Å². The SMILES string of the molecule is CC(Cc1ccc(F)cc1)NS(=O)(=O)C(C)C. The Morgan fingerprint density at radius 2 is 1.71 bits per heavy atom. The molecule has 0 fully saturated rings. The zero-order valence-corrected chi connectivity index (χ0v) is 11.1. The summed E-state index contributed by atoms with van der Waals surface area (Å²) in [5.74, 6) is -0.288. The van der Waals surface area contributed by atoms with E-state index >= 15 is 0 Å². The Labute approximate surface area is 102 Å². The summed E-state index contributed by atoms with van der Waals surface area (Å²) in [4.78, 5) is 0. The van der Waals surface area contributed by atoms with Crippen LogP contribution < -0.4 is 4.72 Å². The molecule has 1 N–H and O–H groups in total. The lowest BCUT2D eigenvalue weighted by Gasteiger charge is -2.16. The van der Waals surface area contributed by atoms with Crippen molar-refractivity contribution in [2.24, 2.45) is 0 Å². The molecule has 0 saturated heterocycles. The minimum Gasteiger partial charge on any atom is -0.212 e. The van der Waals surface area contributed by atoms with Crippen LogP contribution in [0, 0.1) is 5.82 Å². The minimum atomic E-state index is -3.25. The molecule has 0 spiro atoms. The van der Waals surface area contributed by atoms with E-state index in [4.69, 9.17) is 0 Å². The zero-order valence-electron chi connectivity index (χ0n) is 10.3. The van der Waals surface area contributed by atoms with Crippen LogP contribution in [-0.2, 0) is 16.4 Å². The summed E-state index contributed by atoms with van der Waals surface area (Å²) in [5, 5.41) is -0.446. The van der Waals surface area contributed by atoms with Gasteiger partial charge in [0.1, 0.15) is 5.82 Å². The van der Waals surface area contributed by atoms with Gasteiger partial charge in [0.25, 0.3) is 0 Å². The molecule has 0 radical (unpaired) electrons. The standard InChI is InChI=1S/C12H18FNO2S/c1-9(2)17(15,16)14-10(3)8-11-4-6-12(13)7-5-11/h4-7,9-10,14H,8H2,1-3H3. The molecule has 0 aliphatic carbocycles. The largest absolute Gasteiger partial charge is 0.214 e. The smallest absolute Gasteiger partial charge is 0.212 e. The predicted molar refractivity (Wildman–Crippen MR) is 66.8 cm³/mol. The molecule has 1 aromatic carbocycles. The molecule has 0 saturated carbocycles. The third-order valence-electron chi connectivity index (χ3n) is 2.44. The average molecular weight is 259 g/mol. The molecule has 1 aromatic rings. The van der Waals surface area contributed by atoms with Crippen LogP contribution in [0.2, 0.25) is 0 Å². The third-order valence-corrected chi connectivity index (χ3v) is 4.41. The number of hydrogen-bond donors (Lipinski definition) is 1. The molecular formula is C12H18FNO2S. The normalized spacial score (nSPS) is 13.9. The van der Waals surface area contributed by atoms with Crippen LogP contribution >= 0.6 is 0 Å². The lowest BCUT2D eigenvalue weighted by molar-refractivity contribution is 0.551. The molecule has 1 atom stereocenters. The Hall–Kier alpha value is -0.940. The Morgan fingerprint density at radius 1 is 1.18 bits per heavy atom. The van der Waals surface area contributed by atoms with E-state index in [1.807, 2.05) is 0 Å². The predicted octanol–water partition coefficient (Wildman–Crippen LogP) is 2.08. The van der Waals surface area contributed by atoms with E-state index in [2.05, 4.69) is 4.72 Å². The first-order valence-electron chi connectivity index (χ1n) is 5.57. The summed E-state index contributed by atoms with van der Waals surface area (Å²) in [6.07, 6.45) is 0.548. The van der Waals surface area contributed by atoms with Gasteiger partial charge in [-0.2, -0.15) is 0 Å². The van der Waals surface area contributed by atoms with Crippen molar-refractivity contribution in [1.82, 2.24) is 4.72 Å². The molecule has 17 heavy (non-hydrogen) atoms. The van der Waals surface area contributed by atoms with Gasteiger partial charge in [0.2, 0.25) is 10.0 Å². The molecular weight excluding hydrogens is 241 g/mol. The van der Waals surface area contributed by atoms with Gasteiger partial charge in [0.15, 0.2) is 0 Å². The van der Waals surface area contributed by atoms with Crippen molar-refractivity contribution in [3.8, 4) is 0 Å². The fraction of sp³-hybridized carbons (Fsp3) is 0.500. The highest BCUT2D eigenvalue weighted by atomic mass is 32.2. The van der Waals surface area contributed by atoms with Gasteiger partial charge >= 0.3 is 0 Å². The Kier molecular flexibility index (Phi) is 4.65.